The topological polar surface area (TPSA) is 34.9 Å². The summed E-state index contributed by atoms with van der Waals surface area (Å²) in [6.45, 7) is 2.83. The maximum atomic E-state index is 12.5. The third-order valence-corrected chi connectivity index (χ3v) is 3.92. The van der Waals surface area contributed by atoms with Crippen molar-refractivity contribution in [2.45, 2.75) is 19.9 Å². The number of aryl methyl sites for hydroxylation is 1. The highest BCUT2D eigenvalue weighted by molar-refractivity contribution is 14.1. The molecule has 0 atom stereocenters. The molecule has 0 aliphatic rings. The maximum Gasteiger partial charge on any atom is 0.212 e. The Morgan fingerprint density at radius 1 is 1.44 bits per heavy atom. The number of nitrogens with zero attached hydrogens (tertiary/aromatic N) is 2. The molecule has 0 fully saturated rings. The highest BCUT2D eigenvalue weighted by Gasteiger charge is 2.16. The van der Waals surface area contributed by atoms with E-state index in [0.717, 1.165) is 21.0 Å². The minimum Gasteiger partial charge on any atom is -0.287 e. The average molecular weight is 419 g/mol. The summed E-state index contributed by atoms with van der Waals surface area (Å²) in [4.78, 5) is 12.5. The van der Waals surface area contributed by atoms with Crippen molar-refractivity contribution in [3.8, 4) is 0 Å². The zero-order chi connectivity index (χ0) is 13.1. The van der Waals surface area contributed by atoms with E-state index >= 15 is 0 Å². The second kappa shape index (κ2) is 5.97. The Balaban J connectivity index is 2.41. The van der Waals surface area contributed by atoms with E-state index in [1.165, 1.54) is 0 Å². The molecule has 0 N–H and O–H groups in total. The molecular formula is C13H12BrIN2O. The molecule has 0 saturated carbocycles. The van der Waals surface area contributed by atoms with Gasteiger partial charge in [0, 0.05) is 26.3 Å². The number of benzene rings is 1. The fraction of sp³-hybridized carbons (Fsp3) is 0.231. The molecule has 1 aromatic carbocycles. The van der Waals surface area contributed by atoms with Gasteiger partial charge in [0.2, 0.25) is 5.78 Å². The number of carbonyl (C=O) groups is 1. The molecule has 0 bridgehead atoms. The molecule has 0 aliphatic heterocycles. The lowest BCUT2D eigenvalue weighted by molar-refractivity contribution is 0.102. The Morgan fingerprint density at radius 3 is 2.94 bits per heavy atom. The first-order valence-corrected chi connectivity index (χ1v) is 7.52. The fourth-order valence-electron chi connectivity index (χ4n) is 1.73. The van der Waals surface area contributed by atoms with Crippen molar-refractivity contribution in [2.75, 3.05) is 0 Å². The van der Waals surface area contributed by atoms with Gasteiger partial charge in [0.25, 0.3) is 0 Å². The zero-order valence-corrected chi connectivity index (χ0v) is 13.6. The van der Waals surface area contributed by atoms with Crippen LogP contribution in [0.2, 0.25) is 0 Å². The molecule has 3 nitrogen and oxygen atoms in total. The Bertz CT molecular complexity index is 580. The molecule has 5 heteroatoms. The van der Waals surface area contributed by atoms with Gasteiger partial charge in [-0.1, -0.05) is 22.9 Å². The van der Waals surface area contributed by atoms with Crippen LogP contribution < -0.4 is 0 Å². The van der Waals surface area contributed by atoms with E-state index in [-0.39, 0.29) is 5.78 Å². The SMILES string of the molecule is CCCn1nccc1C(=O)c1cc(I)ccc1Br. The standard InChI is InChI=1S/C13H12BrIN2O/c1-2-7-17-12(5-6-16-17)13(18)10-8-9(15)3-4-11(10)14/h3-6,8H,2,7H2,1H3. The third-order valence-electron chi connectivity index (χ3n) is 2.56. The normalized spacial score (nSPS) is 10.6. The monoisotopic (exact) mass is 418 g/mol. The van der Waals surface area contributed by atoms with Gasteiger partial charge in [0.15, 0.2) is 0 Å². The van der Waals surface area contributed by atoms with E-state index in [0.29, 0.717) is 11.3 Å². The Morgan fingerprint density at radius 2 is 2.22 bits per heavy atom. The van der Waals surface area contributed by atoms with E-state index in [1.54, 1.807) is 16.9 Å². The minimum atomic E-state index is 0.00587. The Kier molecular flexibility index (Phi) is 4.55. The summed E-state index contributed by atoms with van der Waals surface area (Å²) in [7, 11) is 0. The van der Waals surface area contributed by atoms with E-state index < -0.39 is 0 Å². The molecule has 1 aromatic heterocycles. The largest absolute Gasteiger partial charge is 0.287 e. The summed E-state index contributed by atoms with van der Waals surface area (Å²) < 4.78 is 3.62. The van der Waals surface area contributed by atoms with E-state index in [9.17, 15) is 4.79 Å². The fourth-order valence-corrected chi connectivity index (χ4v) is 2.64. The van der Waals surface area contributed by atoms with Gasteiger partial charge in [0.05, 0.1) is 0 Å². The van der Waals surface area contributed by atoms with Crippen LogP contribution in [0.5, 0.6) is 0 Å². The molecule has 1 heterocycles. The van der Waals surface area contributed by atoms with Crippen molar-refractivity contribution >= 4 is 44.3 Å². The number of aromatic nitrogens is 2. The lowest BCUT2D eigenvalue weighted by Gasteiger charge is -2.07. The first kappa shape index (κ1) is 13.7. The molecule has 0 amide bonds. The van der Waals surface area contributed by atoms with E-state index in [1.807, 2.05) is 18.2 Å². The average Bonchev–Trinajstić information content (AvgIpc) is 2.80. The smallest absolute Gasteiger partial charge is 0.212 e. The second-order valence-electron chi connectivity index (χ2n) is 3.89. The lowest BCUT2D eigenvalue weighted by atomic mass is 10.1. The molecule has 0 spiro atoms. The number of rotatable bonds is 4. The van der Waals surface area contributed by atoms with Crippen LogP contribution in [0.4, 0.5) is 0 Å². The summed E-state index contributed by atoms with van der Waals surface area (Å²) >= 11 is 5.63. The van der Waals surface area contributed by atoms with Gasteiger partial charge in [0.1, 0.15) is 5.69 Å². The Labute approximate surface area is 128 Å². The molecule has 18 heavy (non-hydrogen) atoms. The van der Waals surface area contributed by atoms with Crippen LogP contribution in [0.25, 0.3) is 0 Å². The second-order valence-corrected chi connectivity index (χ2v) is 5.99. The van der Waals surface area contributed by atoms with Gasteiger partial charge < -0.3 is 0 Å². The van der Waals surface area contributed by atoms with Crippen LogP contribution in [0, 0.1) is 3.57 Å². The van der Waals surface area contributed by atoms with Crippen LogP contribution >= 0.6 is 38.5 Å². The summed E-state index contributed by atoms with van der Waals surface area (Å²) in [5.41, 5.74) is 1.32. The van der Waals surface area contributed by atoms with Crippen molar-refractivity contribution in [3.05, 3.63) is 49.8 Å². The summed E-state index contributed by atoms with van der Waals surface area (Å²) in [6, 6.07) is 7.51. The number of hydrogen-bond donors (Lipinski definition) is 0. The zero-order valence-electron chi connectivity index (χ0n) is 9.86. The van der Waals surface area contributed by atoms with Gasteiger partial charge in [-0.25, -0.2) is 0 Å². The molecule has 0 radical (unpaired) electrons. The summed E-state index contributed by atoms with van der Waals surface area (Å²) in [5.74, 6) is 0.00587. The van der Waals surface area contributed by atoms with Crippen molar-refractivity contribution < 1.29 is 4.79 Å². The van der Waals surface area contributed by atoms with E-state index in [4.69, 9.17) is 0 Å². The van der Waals surface area contributed by atoms with Gasteiger partial charge in [-0.2, -0.15) is 5.10 Å². The summed E-state index contributed by atoms with van der Waals surface area (Å²) in [5, 5.41) is 4.18. The number of ketones is 1. The lowest BCUT2D eigenvalue weighted by Crippen LogP contribution is -2.12. The van der Waals surface area contributed by atoms with Crippen molar-refractivity contribution in [1.82, 2.24) is 9.78 Å². The molecule has 94 valence electrons. The quantitative estimate of drug-likeness (QED) is 0.557. The first-order chi connectivity index (χ1) is 8.63. The van der Waals surface area contributed by atoms with Gasteiger partial charge in [-0.05, 0) is 53.3 Å². The highest BCUT2D eigenvalue weighted by atomic mass is 127. The molecular weight excluding hydrogens is 407 g/mol. The third kappa shape index (κ3) is 2.83. The first-order valence-electron chi connectivity index (χ1n) is 5.65. The van der Waals surface area contributed by atoms with Crippen molar-refractivity contribution in [2.24, 2.45) is 0 Å². The van der Waals surface area contributed by atoms with Gasteiger partial charge in [-0.3, -0.25) is 9.48 Å². The minimum absolute atomic E-state index is 0.00587. The molecule has 0 saturated heterocycles. The molecule has 2 rings (SSSR count). The number of carbonyl (C=O) groups excluding carboxylic acids is 1. The van der Waals surface area contributed by atoms with Crippen molar-refractivity contribution in [1.29, 1.82) is 0 Å². The molecule has 0 aliphatic carbocycles. The maximum absolute atomic E-state index is 12.5. The van der Waals surface area contributed by atoms with Crippen LogP contribution in [0.3, 0.4) is 0 Å². The Hall–Kier alpha value is -0.690. The van der Waals surface area contributed by atoms with Crippen LogP contribution in [0.15, 0.2) is 34.9 Å². The number of hydrogen-bond acceptors (Lipinski definition) is 2. The number of halogens is 2. The summed E-state index contributed by atoms with van der Waals surface area (Å²) in [6.07, 6.45) is 2.63. The van der Waals surface area contributed by atoms with E-state index in [2.05, 4.69) is 50.5 Å². The molecule has 0 unspecified atom stereocenters. The molecule has 2 aromatic rings. The predicted octanol–water partition coefficient (Wildman–Crippen LogP) is 3.89. The van der Waals surface area contributed by atoms with Crippen LogP contribution in [-0.4, -0.2) is 15.6 Å². The predicted molar refractivity (Wildman–Crippen MR) is 82.8 cm³/mol. The van der Waals surface area contributed by atoms with Gasteiger partial charge in [-0.15, -0.1) is 0 Å². The highest BCUT2D eigenvalue weighted by Crippen LogP contribution is 2.22. The van der Waals surface area contributed by atoms with Gasteiger partial charge >= 0.3 is 0 Å². The van der Waals surface area contributed by atoms with Crippen LogP contribution in [0.1, 0.15) is 29.4 Å². The van der Waals surface area contributed by atoms with Crippen LogP contribution in [-0.2, 0) is 6.54 Å². The van der Waals surface area contributed by atoms with Crippen molar-refractivity contribution in [3.63, 3.8) is 0 Å².